The maximum absolute atomic E-state index is 12.7. The number of benzene rings is 2. The predicted octanol–water partition coefficient (Wildman–Crippen LogP) is 2.51. The first-order valence-corrected chi connectivity index (χ1v) is 11.0. The number of amides is 1. The van der Waals surface area contributed by atoms with Gasteiger partial charge in [0.25, 0.3) is 11.5 Å². The Morgan fingerprint density at radius 3 is 2.71 bits per heavy atom. The quantitative estimate of drug-likeness (QED) is 0.511. The van der Waals surface area contributed by atoms with Crippen molar-refractivity contribution in [3.05, 3.63) is 88.3 Å². The second kappa shape index (κ2) is 10.7. The van der Waals surface area contributed by atoms with E-state index in [1.54, 1.807) is 12.1 Å². The molecule has 0 bridgehead atoms. The largest absolute Gasteiger partial charge is 0.493 e. The van der Waals surface area contributed by atoms with Gasteiger partial charge in [0.05, 0.1) is 19.2 Å². The fraction of sp³-hybridized carbons (Fsp3) is 0.280. The van der Waals surface area contributed by atoms with Gasteiger partial charge >= 0.3 is 5.97 Å². The number of nitrogens with zero attached hydrogens (tertiary/aromatic N) is 2. The zero-order valence-electron chi connectivity index (χ0n) is 18.7. The molecule has 1 aromatic heterocycles. The molecule has 176 valence electrons. The monoisotopic (exact) mass is 463 g/mol. The number of fused-ring (bicyclic) bond motifs is 1. The molecule has 1 amide bonds. The second-order valence-corrected chi connectivity index (χ2v) is 7.73. The van der Waals surface area contributed by atoms with Gasteiger partial charge in [-0.1, -0.05) is 36.4 Å². The second-order valence-electron chi connectivity index (χ2n) is 7.73. The summed E-state index contributed by atoms with van der Waals surface area (Å²) in [5, 5.41) is 6.97. The lowest BCUT2D eigenvalue weighted by Crippen LogP contribution is -2.40. The van der Waals surface area contributed by atoms with Crippen molar-refractivity contribution in [2.45, 2.75) is 32.0 Å². The summed E-state index contributed by atoms with van der Waals surface area (Å²) in [5.74, 6) is 0.164. The number of hydrogen-bond acceptors (Lipinski definition) is 7. The molecule has 2 atom stereocenters. The van der Waals surface area contributed by atoms with Gasteiger partial charge in [0.1, 0.15) is 18.1 Å². The summed E-state index contributed by atoms with van der Waals surface area (Å²) in [7, 11) is 0. The summed E-state index contributed by atoms with van der Waals surface area (Å²) in [5.41, 5.74) is 0.430. The van der Waals surface area contributed by atoms with E-state index in [-0.39, 0.29) is 30.4 Å². The van der Waals surface area contributed by atoms with Crippen molar-refractivity contribution in [1.29, 1.82) is 0 Å². The van der Waals surface area contributed by atoms with E-state index in [1.807, 2.05) is 42.5 Å². The molecule has 1 N–H and O–H groups in total. The Bertz CT molecular complexity index is 1210. The van der Waals surface area contributed by atoms with Crippen LogP contribution in [0.25, 0.3) is 0 Å². The highest BCUT2D eigenvalue weighted by Gasteiger charge is 2.26. The lowest BCUT2D eigenvalue weighted by Gasteiger charge is -2.27. The molecule has 0 radical (unpaired) electrons. The number of esters is 1. The van der Waals surface area contributed by atoms with Gasteiger partial charge in [-0.2, -0.15) is 5.10 Å². The van der Waals surface area contributed by atoms with Crippen molar-refractivity contribution >= 4 is 11.9 Å². The SMILES string of the molecule is CC(OC(=O)c1ccc(=O)n(CCOc2ccccc2)n1)C(=O)NC1CCOc2ccccc21. The normalized spacial score (nSPS) is 15.4. The van der Waals surface area contributed by atoms with Gasteiger partial charge in [-0.3, -0.25) is 9.59 Å². The van der Waals surface area contributed by atoms with E-state index in [9.17, 15) is 14.4 Å². The molecule has 0 aliphatic carbocycles. The summed E-state index contributed by atoms with van der Waals surface area (Å²) in [6, 6.07) is 18.9. The summed E-state index contributed by atoms with van der Waals surface area (Å²) in [6.07, 6.45) is -0.438. The van der Waals surface area contributed by atoms with E-state index in [0.29, 0.717) is 18.8 Å². The van der Waals surface area contributed by atoms with Crippen LogP contribution >= 0.6 is 0 Å². The molecule has 9 nitrogen and oxygen atoms in total. The van der Waals surface area contributed by atoms with Crippen LogP contribution in [0.4, 0.5) is 0 Å². The number of rotatable bonds is 8. The van der Waals surface area contributed by atoms with Crippen LogP contribution in [0.15, 0.2) is 71.5 Å². The summed E-state index contributed by atoms with van der Waals surface area (Å²) >= 11 is 0. The first-order valence-electron chi connectivity index (χ1n) is 11.0. The molecule has 0 fully saturated rings. The molecule has 9 heteroatoms. The molecular formula is C25H25N3O6. The number of nitrogens with one attached hydrogen (secondary N) is 1. The minimum absolute atomic E-state index is 0.0737. The van der Waals surface area contributed by atoms with Crippen molar-refractivity contribution < 1.29 is 23.8 Å². The molecule has 2 aromatic carbocycles. The summed E-state index contributed by atoms with van der Waals surface area (Å²) in [6.45, 7) is 2.31. The molecule has 2 unspecified atom stereocenters. The van der Waals surface area contributed by atoms with Crippen LogP contribution in [-0.2, 0) is 16.1 Å². The van der Waals surface area contributed by atoms with Crippen molar-refractivity contribution in [1.82, 2.24) is 15.1 Å². The van der Waals surface area contributed by atoms with E-state index >= 15 is 0 Å². The fourth-order valence-electron chi connectivity index (χ4n) is 3.54. The fourth-order valence-corrected chi connectivity index (χ4v) is 3.54. The first-order chi connectivity index (χ1) is 16.5. The van der Waals surface area contributed by atoms with Gasteiger partial charge < -0.3 is 19.5 Å². The van der Waals surface area contributed by atoms with Crippen LogP contribution in [0.1, 0.15) is 35.4 Å². The average Bonchev–Trinajstić information content (AvgIpc) is 2.86. The predicted molar refractivity (Wildman–Crippen MR) is 123 cm³/mol. The first kappa shape index (κ1) is 23.0. The molecule has 4 rings (SSSR count). The minimum Gasteiger partial charge on any atom is -0.493 e. The Labute approximate surface area is 196 Å². The topological polar surface area (TPSA) is 109 Å². The third-order valence-electron chi connectivity index (χ3n) is 5.32. The zero-order chi connectivity index (χ0) is 23.9. The molecule has 0 spiro atoms. The van der Waals surface area contributed by atoms with Crippen molar-refractivity contribution in [3.63, 3.8) is 0 Å². The maximum atomic E-state index is 12.7. The smallest absolute Gasteiger partial charge is 0.359 e. The lowest BCUT2D eigenvalue weighted by molar-refractivity contribution is -0.130. The van der Waals surface area contributed by atoms with E-state index in [4.69, 9.17) is 14.2 Å². The van der Waals surface area contributed by atoms with Crippen LogP contribution in [0.3, 0.4) is 0 Å². The van der Waals surface area contributed by atoms with Crippen LogP contribution < -0.4 is 20.3 Å². The summed E-state index contributed by atoms with van der Waals surface area (Å²) in [4.78, 5) is 37.3. The third-order valence-corrected chi connectivity index (χ3v) is 5.32. The number of ether oxygens (including phenoxy) is 3. The highest BCUT2D eigenvalue weighted by atomic mass is 16.5. The van der Waals surface area contributed by atoms with Crippen molar-refractivity contribution in [2.75, 3.05) is 13.2 Å². The Kier molecular flexibility index (Phi) is 7.22. The molecule has 1 aliphatic rings. The lowest BCUT2D eigenvalue weighted by atomic mass is 10.0. The standard InChI is InChI=1S/C25H25N3O6/c1-17(24(30)26-20-13-15-33-22-10-6-5-9-19(20)22)34-25(31)21-11-12-23(29)28(27-21)14-16-32-18-7-3-2-4-8-18/h2-12,17,20H,13-16H2,1H3,(H,26,30). The summed E-state index contributed by atoms with van der Waals surface area (Å²) < 4.78 is 17.6. The van der Waals surface area contributed by atoms with Gasteiger partial charge in [0.2, 0.25) is 0 Å². The van der Waals surface area contributed by atoms with Crippen LogP contribution in [0.5, 0.6) is 11.5 Å². The van der Waals surface area contributed by atoms with Gasteiger partial charge in [-0.15, -0.1) is 0 Å². The van der Waals surface area contributed by atoms with Crippen LogP contribution in [0.2, 0.25) is 0 Å². The Morgan fingerprint density at radius 2 is 1.88 bits per heavy atom. The van der Waals surface area contributed by atoms with Gasteiger partial charge in [-0.25, -0.2) is 9.48 Å². The van der Waals surface area contributed by atoms with E-state index in [0.717, 1.165) is 16.0 Å². The molecule has 1 aliphatic heterocycles. The Balaban J connectivity index is 1.34. The van der Waals surface area contributed by atoms with Crippen LogP contribution in [0, 0.1) is 0 Å². The molecule has 0 saturated carbocycles. The molecule has 3 aromatic rings. The zero-order valence-corrected chi connectivity index (χ0v) is 18.7. The number of para-hydroxylation sites is 2. The molecule has 34 heavy (non-hydrogen) atoms. The van der Waals surface area contributed by atoms with E-state index < -0.39 is 18.0 Å². The van der Waals surface area contributed by atoms with Crippen LogP contribution in [-0.4, -0.2) is 41.0 Å². The van der Waals surface area contributed by atoms with E-state index in [1.165, 1.54) is 19.1 Å². The maximum Gasteiger partial charge on any atom is 0.359 e. The molecule has 2 heterocycles. The minimum atomic E-state index is -1.05. The molecular weight excluding hydrogens is 438 g/mol. The van der Waals surface area contributed by atoms with E-state index in [2.05, 4.69) is 10.4 Å². The van der Waals surface area contributed by atoms with Gasteiger partial charge in [0, 0.05) is 18.1 Å². The van der Waals surface area contributed by atoms with Gasteiger partial charge in [0.15, 0.2) is 11.8 Å². The van der Waals surface area contributed by atoms with Crippen molar-refractivity contribution in [2.24, 2.45) is 0 Å². The van der Waals surface area contributed by atoms with Gasteiger partial charge in [-0.05, 0) is 31.2 Å². The Hall–Kier alpha value is -4.14. The Morgan fingerprint density at radius 1 is 1.12 bits per heavy atom. The molecule has 0 saturated heterocycles. The number of aromatic nitrogens is 2. The number of hydrogen-bond donors (Lipinski definition) is 1. The highest BCUT2D eigenvalue weighted by molar-refractivity contribution is 5.90. The average molecular weight is 463 g/mol. The van der Waals surface area contributed by atoms with Crippen molar-refractivity contribution in [3.8, 4) is 11.5 Å². The third kappa shape index (κ3) is 5.61. The highest BCUT2D eigenvalue weighted by Crippen LogP contribution is 2.31. The number of carbonyl (C=O) groups is 2. The number of carbonyl (C=O) groups excluding carboxylic acids is 2.